The van der Waals surface area contributed by atoms with E-state index in [1.54, 1.807) is 7.05 Å². The first-order valence-corrected chi connectivity index (χ1v) is 13.1. The monoisotopic (exact) mass is 473 g/mol. The van der Waals surface area contributed by atoms with Gasteiger partial charge in [-0.05, 0) is 86.6 Å². The molecule has 1 saturated carbocycles. The van der Waals surface area contributed by atoms with Crippen LogP contribution in [0.5, 0.6) is 0 Å². The molecule has 2 heterocycles. The van der Waals surface area contributed by atoms with Crippen LogP contribution in [0.15, 0.2) is 29.1 Å². The van der Waals surface area contributed by atoms with Crippen molar-refractivity contribution in [3.05, 3.63) is 62.8 Å². The Bertz CT molecular complexity index is 1250. The molecule has 1 aliphatic heterocycles. The minimum absolute atomic E-state index is 0.0377. The number of hydrogen-bond acceptors (Lipinski definition) is 5. The van der Waals surface area contributed by atoms with E-state index in [1.165, 1.54) is 30.5 Å². The van der Waals surface area contributed by atoms with Crippen LogP contribution in [0.4, 0.5) is 5.69 Å². The number of hydrogen-bond donors (Lipinski definition) is 2. The molecule has 1 unspecified atom stereocenters. The van der Waals surface area contributed by atoms with Gasteiger partial charge < -0.3 is 15.2 Å². The molecule has 1 amide bonds. The van der Waals surface area contributed by atoms with Gasteiger partial charge in [0.05, 0.1) is 5.69 Å². The Morgan fingerprint density at radius 3 is 2.66 bits per heavy atom. The number of carbonyl (C=O) groups is 1. The van der Waals surface area contributed by atoms with Crippen LogP contribution in [0.3, 0.4) is 0 Å². The summed E-state index contributed by atoms with van der Waals surface area (Å²) in [6.45, 7) is 5.93. The van der Waals surface area contributed by atoms with Crippen LogP contribution in [0.2, 0.25) is 0 Å². The summed E-state index contributed by atoms with van der Waals surface area (Å²) in [5, 5.41) is 2.71. The quantitative estimate of drug-likeness (QED) is 0.713. The average molecular weight is 474 g/mol. The molecule has 7 heteroatoms. The molecule has 35 heavy (non-hydrogen) atoms. The molecule has 7 nitrogen and oxygen atoms in total. The van der Waals surface area contributed by atoms with Crippen LogP contribution in [0.1, 0.15) is 65.1 Å². The van der Waals surface area contributed by atoms with Crippen molar-refractivity contribution < 1.29 is 4.79 Å². The summed E-state index contributed by atoms with van der Waals surface area (Å²) in [5.41, 5.74) is 6.62. The predicted octanol–water partition coefficient (Wildman–Crippen LogP) is 3.07. The molecule has 0 bridgehead atoms. The zero-order valence-electron chi connectivity index (χ0n) is 20.8. The Morgan fingerprint density at radius 1 is 1.14 bits per heavy atom. The Morgan fingerprint density at radius 2 is 1.94 bits per heavy atom. The third-order valence-corrected chi connectivity index (χ3v) is 8.74. The van der Waals surface area contributed by atoms with Crippen molar-refractivity contribution in [2.45, 2.75) is 57.9 Å². The van der Waals surface area contributed by atoms with Gasteiger partial charge in [0.1, 0.15) is 5.82 Å². The second-order valence-corrected chi connectivity index (χ2v) is 10.9. The Kier molecular flexibility index (Phi) is 5.55. The van der Waals surface area contributed by atoms with Gasteiger partial charge in [0.25, 0.3) is 11.5 Å². The van der Waals surface area contributed by atoms with E-state index in [0.29, 0.717) is 11.5 Å². The molecule has 3 aliphatic carbocycles. The van der Waals surface area contributed by atoms with Crippen molar-refractivity contribution in [3.63, 3.8) is 0 Å². The molecule has 2 fully saturated rings. The minimum Gasteiger partial charge on any atom is -0.369 e. The van der Waals surface area contributed by atoms with E-state index in [4.69, 9.17) is 4.98 Å². The normalized spacial score (nSPS) is 23.2. The van der Waals surface area contributed by atoms with Gasteiger partial charge in [0.15, 0.2) is 0 Å². The van der Waals surface area contributed by atoms with Crippen molar-refractivity contribution >= 4 is 17.2 Å². The van der Waals surface area contributed by atoms with E-state index >= 15 is 0 Å². The first-order valence-electron chi connectivity index (χ1n) is 13.1. The number of benzene rings is 1. The standard InChI is InChI=1S/C28H35N5O2/c1-18-15-20(5-6-22(18)26(34)29-2)32-11-13-33(14-12-32)21-4-3-19(16-21)25-30-24-7-8-28(9-10-28)17-23(24)27(35)31-25/h5-6,15-16,21H,3-4,7-14,17H2,1-2H3,(H,29,34)(H,30,31,35). The number of fused-ring (bicyclic) bond motifs is 1. The van der Waals surface area contributed by atoms with E-state index in [9.17, 15) is 9.59 Å². The molecule has 1 spiro atoms. The highest BCUT2D eigenvalue weighted by Crippen LogP contribution is 2.53. The number of rotatable bonds is 4. The first kappa shape index (κ1) is 22.5. The summed E-state index contributed by atoms with van der Waals surface area (Å²) in [6.07, 6.45) is 10.0. The Hall–Kier alpha value is -2.93. The van der Waals surface area contributed by atoms with Gasteiger partial charge in [-0.1, -0.05) is 6.08 Å². The van der Waals surface area contributed by atoms with E-state index in [1.807, 2.05) is 13.0 Å². The largest absolute Gasteiger partial charge is 0.369 e. The Balaban J connectivity index is 1.11. The lowest BCUT2D eigenvalue weighted by Crippen LogP contribution is -2.49. The lowest BCUT2D eigenvalue weighted by molar-refractivity contribution is 0.0962. The van der Waals surface area contributed by atoms with Crippen molar-refractivity contribution in [1.29, 1.82) is 0 Å². The molecule has 184 valence electrons. The molecular weight excluding hydrogens is 438 g/mol. The van der Waals surface area contributed by atoms with E-state index < -0.39 is 0 Å². The highest BCUT2D eigenvalue weighted by molar-refractivity contribution is 5.95. The number of allylic oxidation sites excluding steroid dienone is 1. The molecule has 1 aromatic carbocycles. The molecule has 2 N–H and O–H groups in total. The number of piperazine rings is 1. The number of carbonyl (C=O) groups excluding carboxylic acids is 1. The summed E-state index contributed by atoms with van der Waals surface area (Å²) >= 11 is 0. The molecule has 1 aromatic heterocycles. The van der Waals surface area contributed by atoms with Crippen LogP contribution < -0.4 is 15.8 Å². The van der Waals surface area contributed by atoms with Crippen LogP contribution >= 0.6 is 0 Å². The highest BCUT2D eigenvalue weighted by atomic mass is 16.1. The fourth-order valence-electron chi connectivity index (χ4n) is 6.27. The maximum atomic E-state index is 12.8. The van der Waals surface area contributed by atoms with Gasteiger partial charge in [-0.25, -0.2) is 4.98 Å². The van der Waals surface area contributed by atoms with Crippen LogP contribution in [-0.4, -0.2) is 60.0 Å². The van der Waals surface area contributed by atoms with Gasteiger partial charge in [-0.2, -0.15) is 0 Å². The van der Waals surface area contributed by atoms with Gasteiger partial charge in [0, 0.05) is 56.1 Å². The number of amides is 1. The van der Waals surface area contributed by atoms with Gasteiger partial charge in [0.2, 0.25) is 0 Å². The second kappa shape index (κ2) is 8.63. The summed E-state index contributed by atoms with van der Waals surface area (Å²) in [4.78, 5) is 37.9. The fourth-order valence-corrected chi connectivity index (χ4v) is 6.27. The smallest absolute Gasteiger partial charge is 0.254 e. The maximum absolute atomic E-state index is 12.8. The molecule has 0 radical (unpaired) electrons. The summed E-state index contributed by atoms with van der Waals surface area (Å²) < 4.78 is 0. The Labute approximate surface area is 206 Å². The van der Waals surface area contributed by atoms with Gasteiger partial charge in [-0.15, -0.1) is 0 Å². The zero-order chi connectivity index (χ0) is 24.2. The third-order valence-electron chi connectivity index (χ3n) is 8.74. The molecule has 6 rings (SSSR count). The highest BCUT2D eigenvalue weighted by Gasteiger charge is 2.45. The molecule has 2 aromatic rings. The average Bonchev–Trinajstić information content (AvgIpc) is 3.43. The van der Waals surface area contributed by atoms with Crippen LogP contribution in [0.25, 0.3) is 5.57 Å². The number of nitrogens with zero attached hydrogens (tertiary/aromatic N) is 3. The lowest BCUT2D eigenvalue weighted by Gasteiger charge is -2.38. The number of nitrogens with one attached hydrogen (secondary N) is 2. The second-order valence-electron chi connectivity index (χ2n) is 10.9. The van der Waals surface area contributed by atoms with Crippen molar-refractivity contribution in [2.24, 2.45) is 5.41 Å². The molecule has 1 saturated heterocycles. The number of aromatic nitrogens is 2. The van der Waals surface area contributed by atoms with E-state index in [0.717, 1.165) is 80.1 Å². The van der Waals surface area contributed by atoms with Crippen LogP contribution in [0, 0.1) is 12.3 Å². The van der Waals surface area contributed by atoms with Crippen molar-refractivity contribution in [2.75, 3.05) is 38.1 Å². The topological polar surface area (TPSA) is 81.3 Å². The first-order chi connectivity index (χ1) is 16.9. The molecular formula is C28H35N5O2. The van der Waals surface area contributed by atoms with E-state index in [2.05, 4.69) is 38.3 Å². The predicted molar refractivity (Wildman–Crippen MR) is 138 cm³/mol. The van der Waals surface area contributed by atoms with Gasteiger partial charge in [-0.3, -0.25) is 14.5 Å². The number of aromatic amines is 1. The summed E-state index contributed by atoms with van der Waals surface area (Å²) in [5.74, 6) is 0.762. The summed E-state index contributed by atoms with van der Waals surface area (Å²) in [6, 6.07) is 6.51. The van der Waals surface area contributed by atoms with Crippen LogP contribution in [-0.2, 0) is 12.8 Å². The molecule has 1 atom stereocenters. The third kappa shape index (κ3) is 4.20. The lowest BCUT2D eigenvalue weighted by atomic mass is 9.84. The van der Waals surface area contributed by atoms with Crippen molar-refractivity contribution in [1.82, 2.24) is 20.2 Å². The van der Waals surface area contributed by atoms with E-state index in [-0.39, 0.29) is 11.5 Å². The zero-order valence-corrected chi connectivity index (χ0v) is 20.8. The number of aryl methyl sites for hydroxylation is 2. The molecule has 4 aliphatic rings. The SMILES string of the molecule is CNC(=O)c1ccc(N2CCN(C3C=C(c4nc5c(c(=O)[nH]4)CC4(CC5)CC4)CC3)CC2)cc1C. The van der Waals surface area contributed by atoms with Gasteiger partial charge >= 0.3 is 0 Å². The minimum atomic E-state index is -0.0377. The number of H-pyrrole nitrogens is 1. The fraction of sp³-hybridized carbons (Fsp3) is 0.536. The summed E-state index contributed by atoms with van der Waals surface area (Å²) in [7, 11) is 1.67. The van der Waals surface area contributed by atoms with Crippen molar-refractivity contribution in [3.8, 4) is 0 Å². The maximum Gasteiger partial charge on any atom is 0.254 e. The number of anilines is 1.